The molecule has 5 heteroatoms. The van der Waals surface area contributed by atoms with Crippen LogP contribution in [-0.2, 0) is 15.6 Å². The van der Waals surface area contributed by atoms with Gasteiger partial charge in [-0.1, -0.05) is 19.9 Å². The quantitative estimate of drug-likeness (QED) is 0.786. The maximum atomic E-state index is 11.8. The maximum Gasteiger partial charge on any atom is 0.236 e. The molecule has 0 saturated heterocycles. The summed E-state index contributed by atoms with van der Waals surface area (Å²) in [5, 5.41) is 2.76. The molecule has 0 saturated carbocycles. The van der Waals surface area contributed by atoms with Crippen molar-refractivity contribution in [2.24, 2.45) is 5.92 Å². The molecule has 0 aliphatic rings. The third-order valence-electron chi connectivity index (χ3n) is 2.86. The van der Waals surface area contributed by atoms with Crippen molar-refractivity contribution in [3.05, 3.63) is 23.8 Å². The van der Waals surface area contributed by atoms with Crippen LogP contribution >= 0.6 is 0 Å². The zero-order valence-electron chi connectivity index (χ0n) is 11.7. The highest BCUT2D eigenvalue weighted by Crippen LogP contribution is 2.20. The van der Waals surface area contributed by atoms with E-state index in [4.69, 9.17) is 5.73 Å². The van der Waals surface area contributed by atoms with Crippen LogP contribution in [0.3, 0.4) is 0 Å². The Balaban J connectivity index is 2.51. The Morgan fingerprint density at radius 1 is 1.42 bits per heavy atom. The Labute approximate surface area is 117 Å². The van der Waals surface area contributed by atoms with Gasteiger partial charge in [0.05, 0.1) is 0 Å². The number of nitrogen functional groups attached to an aromatic ring is 1. The monoisotopic (exact) mass is 282 g/mol. The van der Waals surface area contributed by atoms with Gasteiger partial charge in [-0.2, -0.15) is 0 Å². The molecule has 0 aliphatic carbocycles. The normalized spacial score (nSPS) is 12.4. The standard InChI is InChI=1S/C14H22N2O2S/c1-10(2)7-8-19(18)9-14(17)16-13-6-4-5-12(15)11(13)3/h4-6,10H,7-9,15H2,1-3H3,(H,16,17). The highest BCUT2D eigenvalue weighted by atomic mass is 32.2. The van der Waals surface area contributed by atoms with E-state index in [1.165, 1.54) is 0 Å². The van der Waals surface area contributed by atoms with Crippen molar-refractivity contribution in [3.8, 4) is 0 Å². The number of carbonyl (C=O) groups is 1. The van der Waals surface area contributed by atoms with Crippen LogP contribution in [0.2, 0.25) is 0 Å². The lowest BCUT2D eigenvalue weighted by Crippen LogP contribution is -2.21. The van der Waals surface area contributed by atoms with Gasteiger partial charge in [-0.3, -0.25) is 9.00 Å². The van der Waals surface area contributed by atoms with Gasteiger partial charge in [-0.05, 0) is 37.0 Å². The first-order chi connectivity index (χ1) is 8.90. The lowest BCUT2D eigenvalue weighted by molar-refractivity contribution is -0.113. The van der Waals surface area contributed by atoms with Crippen LogP contribution in [0.4, 0.5) is 11.4 Å². The van der Waals surface area contributed by atoms with Crippen LogP contribution in [0.25, 0.3) is 0 Å². The van der Waals surface area contributed by atoms with Gasteiger partial charge in [0.15, 0.2) is 0 Å². The minimum Gasteiger partial charge on any atom is -0.398 e. The Kier molecular flexibility index (Phi) is 6.02. The van der Waals surface area contributed by atoms with Crippen molar-refractivity contribution in [2.45, 2.75) is 27.2 Å². The number of nitrogens with one attached hydrogen (secondary N) is 1. The summed E-state index contributed by atoms with van der Waals surface area (Å²) >= 11 is 0. The Morgan fingerprint density at radius 2 is 2.11 bits per heavy atom. The van der Waals surface area contributed by atoms with Gasteiger partial charge in [-0.25, -0.2) is 0 Å². The summed E-state index contributed by atoms with van der Waals surface area (Å²) < 4.78 is 11.7. The largest absolute Gasteiger partial charge is 0.398 e. The molecule has 1 amide bonds. The molecule has 0 spiro atoms. The van der Waals surface area contributed by atoms with Gasteiger partial charge in [0.1, 0.15) is 5.75 Å². The van der Waals surface area contributed by atoms with E-state index in [9.17, 15) is 9.00 Å². The summed E-state index contributed by atoms with van der Waals surface area (Å²) in [6, 6.07) is 5.36. The number of rotatable bonds is 6. The van der Waals surface area contributed by atoms with E-state index in [2.05, 4.69) is 19.2 Å². The second kappa shape index (κ2) is 7.28. The van der Waals surface area contributed by atoms with Crippen molar-refractivity contribution in [1.82, 2.24) is 0 Å². The minimum absolute atomic E-state index is 0.0426. The topological polar surface area (TPSA) is 72.2 Å². The SMILES string of the molecule is Cc1c(N)cccc1NC(=O)CS(=O)CCC(C)C. The van der Waals surface area contributed by atoms with Crippen LogP contribution < -0.4 is 11.1 Å². The van der Waals surface area contributed by atoms with Crippen molar-refractivity contribution < 1.29 is 9.00 Å². The van der Waals surface area contributed by atoms with Crippen molar-refractivity contribution in [2.75, 3.05) is 22.6 Å². The van der Waals surface area contributed by atoms with Crippen LogP contribution in [0, 0.1) is 12.8 Å². The molecular formula is C14H22N2O2S. The third kappa shape index (κ3) is 5.42. The number of benzene rings is 1. The molecule has 1 rings (SSSR count). The number of hydrogen-bond donors (Lipinski definition) is 2. The Hall–Kier alpha value is -1.36. The van der Waals surface area contributed by atoms with Gasteiger partial charge >= 0.3 is 0 Å². The molecule has 1 atom stereocenters. The van der Waals surface area contributed by atoms with Crippen molar-refractivity contribution in [1.29, 1.82) is 0 Å². The number of carbonyl (C=O) groups excluding carboxylic acids is 1. The van der Waals surface area contributed by atoms with Gasteiger partial charge in [0, 0.05) is 27.9 Å². The summed E-state index contributed by atoms with van der Waals surface area (Å²) in [4.78, 5) is 11.8. The maximum absolute atomic E-state index is 11.8. The smallest absolute Gasteiger partial charge is 0.236 e. The molecule has 0 bridgehead atoms. The predicted octanol–water partition coefficient (Wildman–Crippen LogP) is 2.31. The number of anilines is 2. The van der Waals surface area contributed by atoms with Crippen LogP contribution in [-0.4, -0.2) is 21.6 Å². The van der Waals surface area contributed by atoms with E-state index < -0.39 is 10.8 Å². The molecule has 0 radical (unpaired) electrons. The summed E-state index contributed by atoms with van der Waals surface area (Å²) in [6.45, 7) is 6.00. The van der Waals surface area contributed by atoms with E-state index in [1.807, 2.05) is 6.92 Å². The van der Waals surface area contributed by atoms with E-state index in [1.54, 1.807) is 18.2 Å². The molecule has 0 aliphatic heterocycles. The Morgan fingerprint density at radius 3 is 2.74 bits per heavy atom. The molecular weight excluding hydrogens is 260 g/mol. The zero-order valence-corrected chi connectivity index (χ0v) is 12.5. The van der Waals surface area contributed by atoms with Gasteiger partial charge in [-0.15, -0.1) is 0 Å². The average Bonchev–Trinajstić information content (AvgIpc) is 2.32. The lowest BCUT2D eigenvalue weighted by Gasteiger charge is -2.10. The van der Waals surface area contributed by atoms with E-state index in [0.717, 1.165) is 12.0 Å². The number of hydrogen-bond acceptors (Lipinski definition) is 3. The van der Waals surface area contributed by atoms with E-state index >= 15 is 0 Å². The summed E-state index contributed by atoms with van der Waals surface area (Å²) in [5.74, 6) is 0.890. The molecule has 0 fully saturated rings. The van der Waals surface area contributed by atoms with Crippen molar-refractivity contribution in [3.63, 3.8) is 0 Å². The number of nitrogens with two attached hydrogens (primary N) is 1. The first-order valence-corrected chi connectivity index (χ1v) is 7.89. The molecule has 4 nitrogen and oxygen atoms in total. The Bertz CT molecular complexity index is 473. The zero-order chi connectivity index (χ0) is 14.4. The summed E-state index contributed by atoms with van der Waals surface area (Å²) in [5.41, 5.74) is 7.93. The second-order valence-corrected chi connectivity index (χ2v) is 6.62. The van der Waals surface area contributed by atoms with Gasteiger partial charge < -0.3 is 11.1 Å². The van der Waals surface area contributed by atoms with E-state index in [-0.39, 0.29) is 11.7 Å². The molecule has 106 valence electrons. The molecule has 0 heterocycles. The molecule has 19 heavy (non-hydrogen) atoms. The van der Waals surface area contributed by atoms with Crippen molar-refractivity contribution >= 4 is 28.1 Å². The second-order valence-electron chi connectivity index (χ2n) is 5.04. The number of amides is 1. The lowest BCUT2D eigenvalue weighted by atomic mass is 10.1. The third-order valence-corrected chi connectivity index (χ3v) is 4.14. The first-order valence-electron chi connectivity index (χ1n) is 6.40. The summed E-state index contributed by atoms with van der Waals surface area (Å²) in [7, 11) is -1.10. The fourth-order valence-electron chi connectivity index (χ4n) is 1.56. The van der Waals surface area contributed by atoms with Gasteiger partial charge in [0.2, 0.25) is 5.91 Å². The first kappa shape index (κ1) is 15.7. The predicted molar refractivity (Wildman–Crippen MR) is 81.6 cm³/mol. The molecule has 1 aromatic carbocycles. The fraction of sp³-hybridized carbons (Fsp3) is 0.500. The molecule has 1 unspecified atom stereocenters. The highest BCUT2D eigenvalue weighted by Gasteiger charge is 2.10. The average molecular weight is 282 g/mol. The highest BCUT2D eigenvalue weighted by molar-refractivity contribution is 7.85. The van der Waals surface area contributed by atoms with Crippen LogP contribution in [0.1, 0.15) is 25.8 Å². The minimum atomic E-state index is -1.10. The fourth-order valence-corrected chi connectivity index (χ4v) is 2.80. The van der Waals surface area contributed by atoms with Gasteiger partial charge in [0.25, 0.3) is 0 Å². The van der Waals surface area contributed by atoms with Crippen LogP contribution in [0.5, 0.6) is 0 Å². The molecule has 1 aromatic rings. The molecule has 3 N–H and O–H groups in total. The summed E-state index contributed by atoms with van der Waals surface area (Å²) in [6.07, 6.45) is 0.872. The van der Waals surface area contributed by atoms with Crippen LogP contribution in [0.15, 0.2) is 18.2 Å². The molecule has 0 aromatic heterocycles. The van der Waals surface area contributed by atoms with E-state index in [0.29, 0.717) is 23.0 Å².